The quantitative estimate of drug-likeness (QED) is 0.349. The van der Waals surface area contributed by atoms with Crippen LogP contribution in [-0.2, 0) is 0 Å². The first-order chi connectivity index (χ1) is 16.1. The van der Waals surface area contributed by atoms with Crippen LogP contribution in [-0.4, -0.2) is 34.4 Å². The van der Waals surface area contributed by atoms with Gasteiger partial charge in [0, 0.05) is 16.7 Å². The molecular weight excluding hydrogens is 481 g/mol. The largest absolute Gasteiger partial charge is 0.418 e. The Balaban J connectivity index is 2.43. The minimum absolute atomic E-state index is 0.00632. The monoisotopic (exact) mass is 502 g/mol. The molecule has 2 aromatic rings. The molecular formula is C24H21F7N2O2. The highest BCUT2D eigenvalue weighted by Crippen LogP contribution is 2.35. The molecule has 1 aromatic carbocycles. The smallest absolute Gasteiger partial charge is 0.379 e. The number of nitrogens with zero attached hydrogens (tertiary/aromatic N) is 1. The number of carbonyl (C=O) groups excluding carboxylic acids is 1. The van der Waals surface area contributed by atoms with Gasteiger partial charge in [-0.15, -0.1) is 0 Å². The minimum Gasteiger partial charge on any atom is -0.379 e. The molecule has 0 aliphatic heterocycles. The Morgan fingerprint density at radius 1 is 1.11 bits per heavy atom. The summed E-state index contributed by atoms with van der Waals surface area (Å²) in [6.45, 7) is 5.81. The Hall–Kier alpha value is -3.47. The van der Waals surface area contributed by atoms with Crippen LogP contribution in [0.15, 0.2) is 72.5 Å². The summed E-state index contributed by atoms with van der Waals surface area (Å²) >= 11 is 0. The Morgan fingerprint density at radius 3 is 2.29 bits per heavy atom. The molecule has 0 saturated heterocycles. The first kappa shape index (κ1) is 27.8. The van der Waals surface area contributed by atoms with Gasteiger partial charge in [-0.3, -0.25) is 9.78 Å². The summed E-state index contributed by atoms with van der Waals surface area (Å²) < 4.78 is 90.7. The number of benzene rings is 1. The lowest BCUT2D eigenvalue weighted by molar-refractivity contribution is -0.206. The van der Waals surface area contributed by atoms with Crippen molar-refractivity contribution in [3.63, 3.8) is 0 Å². The molecule has 2 N–H and O–H groups in total. The second-order valence-electron chi connectivity index (χ2n) is 7.56. The molecule has 188 valence electrons. The average molecular weight is 502 g/mol. The van der Waals surface area contributed by atoms with Gasteiger partial charge >= 0.3 is 12.4 Å². The van der Waals surface area contributed by atoms with Crippen molar-refractivity contribution in [3.05, 3.63) is 89.4 Å². The van der Waals surface area contributed by atoms with Crippen molar-refractivity contribution in [2.24, 2.45) is 0 Å². The van der Waals surface area contributed by atoms with Crippen molar-refractivity contribution in [1.29, 1.82) is 0 Å². The molecule has 0 radical (unpaired) electrons. The van der Waals surface area contributed by atoms with Crippen molar-refractivity contribution in [2.75, 3.05) is 0 Å². The van der Waals surface area contributed by atoms with Gasteiger partial charge in [-0.2, -0.15) is 26.3 Å². The normalized spacial score (nSPS) is 14.9. The molecule has 0 aliphatic rings. The number of allylic oxidation sites excluding steroid dienone is 3. The zero-order chi connectivity index (χ0) is 26.6. The van der Waals surface area contributed by atoms with E-state index >= 15 is 0 Å². The van der Waals surface area contributed by atoms with Crippen LogP contribution in [0.4, 0.5) is 30.7 Å². The number of alkyl halides is 6. The number of rotatable bonds is 7. The van der Waals surface area contributed by atoms with E-state index in [-0.39, 0.29) is 22.4 Å². The number of hydrogen-bond donors (Lipinski definition) is 2. The summed E-state index contributed by atoms with van der Waals surface area (Å²) in [6.07, 6.45) is -8.51. The minimum atomic E-state index is -5.03. The molecule has 4 nitrogen and oxygen atoms in total. The van der Waals surface area contributed by atoms with E-state index in [1.165, 1.54) is 25.1 Å². The molecule has 0 saturated carbocycles. The summed E-state index contributed by atoms with van der Waals surface area (Å²) in [7, 11) is 0. The Labute approximate surface area is 196 Å². The predicted molar refractivity (Wildman–Crippen MR) is 116 cm³/mol. The maximum atomic E-state index is 13.2. The number of aliphatic hydroxyl groups excluding tert-OH is 1. The van der Waals surface area contributed by atoms with Gasteiger partial charge < -0.3 is 10.4 Å². The molecule has 1 heterocycles. The van der Waals surface area contributed by atoms with Crippen LogP contribution < -0.4 is 5.32 Å². The molecule has 0 bridgehead atoms. The second-order valence-corrected chi connectivity index (χ2v) is 7.56. The maximum absolute atomic E-state index is 13.2. The number of aliphatic hydroxyl groups is 1. The summed E-state index contributed by atoms with van der Waals surface area (Å²) in [4.78, 5) is 16.6. The fraction of sp³-hybridized carbons (Fsp3) is 0.250. The number of nitrogens with one attached hydrogen (secondary N) is 1. The highest BCUT2D eigenvalue weighted by atomic mass is 19.4. The van der Waals surface area contributed by atoms with E-state index in [9.17, 15) is 40.6 Å². The van der Waals surface area contributed by atoms with Crippen LogP contribution in [0.2, 0.25) is 0 Å². The predicted octanol–water partition coefficient (Wildman–Crippen LogP) is 6.22. The van der Waals surface area contributed by atoms with Gasteiger partial charge in [0.05, 0.1) is 17.9 Å². The molecule has 0 spiro atoms. The van der Waals surface area contributed by atoms with Gasteiger partial charge in [-0.05, 0) is 55.3 Å². The van der Waals surface area contributed by atoms with Crippen LogP contribution in [0, 0.1) is 5.82 Å². The van der Waals surface area contributed by atoms with Gasteiger partial charge in [-0.1, -0.05) is 24.8 Å². The third kappa shape index (κ3) is 7.51. The first-order valence-electron chi connectivity index (χ1n) is 10.0. The molecule has 1 amide bonds. The van der Waals surface area contributed by atoms with E-state index in [1.807, 2.05) is 0 Å². The third-order valence-electron chi connectivity index (χ3n) is 4.92. The van der Waals surface area contributed by atoms with Crippen molar-refractivity contribution < 1.29 is 40.6 Å². The zero-order valence-electron chi connectivity index (χ0n) is 18.5. The molecule has 0 aliphatic carbocycles. The van der Waals surface area contributed by atoms with Crippen molar-refractivity contribution in [2.45, 2.75) is 38.3 Å². The molecule has 11 heteroatoms. The Morgan fingerprint density at radius 2 is 1.77 bits per heavy atom. The number of hydrogen-bond acceptors (Lipinski definition) is 3. The summed E-state index contributed by atoms with van der Waals surface area (Å²) in [6, 6.07) is 4.33. The molecule has 1 aromatic heterocycles. The lowest BCUT2D eigenvalue weighted by Gasteiger charge is -2.19. The van der Waals surface area contributed by atoms with Crippen molar-refractivity contribution in [1.82, 2.24) is 10.3 Å². The van der Waals surface area contributed by atoms with Crippen molar-refractivity contribution >= 4 is 5.91 Å². The molecule has 0 fully saturated rings. The fourth-order valence-electron chi connectivity index (χ4n) is 2.89. The number of pyridine rings is 1. The number of amides is 1. The molecule has 35 heavy (non-hydrogen) atoms. The van der Waals surface area contributed by atoms with Crippen LogP contribution in [0.25, 0.3) is 11.3 Å². The lowest BCUT2D eigenvalue weighted by atomic mass is 9.98. The summed E-state index contributed by atoms with van der Waals surface area (Å²) in [5.41, 5.74) is -1.57. The molecule has 2 rings (SSSR count). The van der Waals surface area contributed by atoms with E-state index in [2.05, 4.69) is 16.9 Å². The topological polar surface area (TPSA) is 62.2 Å². The summed E-state index contributed by atoms with van der Waals surface area (Å²) in [5, 5.41) is 12.2. The highest BCUT2D eigenvalue weighted by molar-refractivity contribution is 5.96. The second kappa shape index (κ2) is 10.9. The van der Waals surface area contributed by atoms with Gasteiger partial charge in [0.2, 0.25) is 0 Å². The van der Waals surface area contributed by atoms with Gasteiger partial charge in [-0.25, -0.2) is 4.39 Å². The van der Waals surface area contributed by atoms with Crippen LogP contribution in [0.5, 0.6) is 0 Å². The standard InChI is InChI=1S/C24H21F7N2O2/c1-4-15(6-5-13(2)23(26,27)28)14(3)33-22(35)18-10-16(20-8-7-19(25)12-32-20)9-17(11-18)21(34)24(29,30)31/h4-12,14,21,34H,1H2,2-3H3,(H,33,35)/b13-5+,15-6+/t14-,21?/m1/s1. The number of carbonyl (C=O) groups is 1. The number of halogens is 7. The first-order valence-corrected chi connectivity index (χ1v) is 10.0. The zero-order valence-corrected chi connectivity index (χ0v) is 18.5. The SMILES string of the molecule is C=C/C(=C\C=C(/C)C(F)(F)F)[C@@H](C)NC(=O)c1cc(-c2ccc(F)cn2)cc(C(O)C(F)(F)F)c1. The Bertz CT molecular complexity index is 1130. The maximum Gasteiger partial charge on any atom is 0.418 e. The van der Waals surface area contributed by atoms with Gasteiger partial charge in [0.1, 0.15) is 5.82 Å². The van der Waals surface area contributed by atoms with Crippen LogP contribution >= 0.6 is 0 Å². The van der Waals surface area contributed by atoms with E-state index in [1.54, 1.807) is 0 Å². The van der Waals surface area contributed by atoms with Crippen molar-refractivity contribution in [3.8, 4) is 11.3 Å². The van der Waals surface area contributed by atoms with E-state index in [0.29, 0.717) is 0 Å². The molecule has 1 unspecified atom stereocenters. The average Bonchev–Trinajstić information content (AvgIpc) is 2.77. The number of aromatic nitrogens is 1. The van der Waals surface area contributed by atoms with Gasteiger partial charge in [0.15, 0.2) is 6.10 Å². The Kier molecular flexibility index (Phi) is 8.61. The van der Waals surface area contributed by atoms with Crippen LogP contribution in [0.3, 0.4) is 0 Å². The summed E-state index contributed by atoms with van der Waals surface area (Å²) in [5.74, 6) is -1.56. The lowest BCUT2D eigenvalue weighted by Crippen LogP contribution is -2.33. The molecule has 2 atom stereocenters. The van der Waals surface area contributed by atoms with E-state index in [0.717, 1.165) is 43.5 Å². The van der Waals surface area contributed by atoms with E-state index in [4.69, 9.17) is 0 Å². The highest BCUT2D eigenvalue weighted by Gasteiger charge is 2.40. The third-order valence-corrected chi connectivity index (χ3v) is 4.92. The van der Waals surface area contributed by atoms with Crippen LogP contribution in [0.1, 0.15) is 35.9 Å². The fourth-order valence-corrected chi connectivity index (χ4v) is 2.89. The van der Waals surface area contributed by atoms with Gasteiger partial charge in [0.25, 0.3) is 5.91 Å². The van der Waals surface area contributed by atoms with E-state index < -0.39 is 47.4 Å².